The van der Waals surface area contributed by atoms with Gasteiger partial charge >= 0.3 is 0 Å². The van der Waals surface area contributed by atoms with E-state index in [1.807, 2.05) is 18.7 Å². The summed E-state index contributed by atoms with van der Waals surface area (Å²) in [5, 5.41) is 0. The molecule has 2 heteroatoms. The Bertz CT molecular complexity index is 419. The van der Waals surface area contributed by atoms with Crippen LogP contribution in [0.2, 0.25) is 0 Å². The largest absolute Gasteiger partial charge is 0.125 e. The van der Waals surface area contributed by atoms with Gasteiger partial charge in [-0.05, 0) is 60.6 Å². The van der Waals surface area contributed by atoms with E-state index in [9.17, 15) is 0 Å². The monoisotopic (exact) mass is 294 g/mol. The first-order valence-corrected chi connectivity index (χ1v) is 8.62. The topological polar surface area (TPSA) is 0 Å². The molecule has 0 radical (unpaired) electrons. The van der Waals surface area contributed by atoms with Crippen LogP contribution in [0.5, 0.6) is 0 Å². The molecular formula is C17H26S2. The van der Waals surface area contributed by atoms with Crippen molar-refractivity contribution in [2.24, 2.45) is 5.92 Å². The van der Waals surface area contributed by atoms with E-state index in [4.69, 9.17) is 12.2 Å². The lowest BCUT2D eigenvalue weighted by atomic mass is 9.93. The van der Waals surface area contributed by atoms with Crippen molar-refractivity contribution in [3.63, 3.8) is 0 Å². The first kappa shape index (κ1) is 16.7. The molecule has 0 unspecified atom stereocenters. The predicted octanol–water partition coefficient (Wildman–Crippen LogP) is 6.02. The summed E-state index contributed by atoms with van der Waals surface area (Å²) in [5.74, 6) is 2.29. The van der Waals surface area contributed by atoms with Gasteiger partial charge in [0.15, 0.2) is 0 Å². The normalized spacial score (nSPS) is 12.7. The molecule has 1 atom stereocenters. The zero-order chi connectivity index (χ0) is 14.4. The quantitative estimate of drug-likeness (QED) is 0.445. The number of hydrogen-bond acceptors (Lipinski definition) is 2. The SMILES string of the molecule is CCC(CC)c1ccc(C)c(SC[C@H](C)C(C)=S)c1. The Morgan fingerprint density at radius 3 is 2.42 bits per heavy atom. The van der Waals surface area contributed by atoms with Crippen LogP contribution in [0.25, 0.3) is 0 Å². The Morgan fingerprint density at radius 2 is 1.89 bits per heavy atom. The fourth-order valence-corrected chi connectivity index (χ4v) is 3.50. The molecule has 0 bridgehead atoms. The van der Waals surface area contributed by atoms with Gasteiger partial charge in [0.1, 0.15) is 0 Å². The van der Waals surface area contributed by atoms with Crippen LogP contribution in [0, 0.1) is 12.8 Å². The maximum Gasteiger partial charge on any atom is 0.0104 e. The van der Waals surface area contributed by atoms with Crippen molar-refractivity contribution in [2.75, 3.05) is 5.75 Å². The van der Waals surface area contributed by atoms with Crippen molar-refractivity contribution >= 4 is 28.8 Å². The van der Waals surface area contributed by atoms with Crippen LogP contribution in [-0.4, -0.2) is 10.6 Å². The standard InChI is InChI=1S/C17H26S2/c1-6-15(7-2)16-9-8-12(3)17(10-16)19-11-13(4)14(5)18/h8-10,13,15H,6-7,11H2,1-5H3/t13-/m0/s1. The van der Waals surface area contributed by atoms with Crippen LogP contribution in [0.1, 0.15) is 57.6 Å². The number of thiocarbonyl (C=S) groups is 1. The van der Waals surface area contributed by atoms with E-state index in [1.165, 1.54) is 28.9 Å². The molecule has 1 aromatic carbocycles. The molecule has 0 spiro atoms. The van der Waals surface area contributed by atoms with Crippen molar-refractivity contribution in [2.45, 2.75) is 58.3 Å². The third-order valence-electron chi connectivity index (χ3n) is 3.85. The highest BCUT2D eigenvalue weighted by Gasteiger charge is 2.11. The first-order chi connectivity index (χ1) is 8.99. The molecule has 0 aliphatic heterocycles. The van der Waals surface area contributed by atoms with Gasteiger partial charge in [-0.2, -0.15) is 0 Å². The molecule has 0 saturated heterocycles. The molecule has 0 fully saturated rings. The Balaban J connectivity index is 2.82. The molecule has 1 aromatic rings. The summed E-state index contributed by atoms with van der Waals surface area (Å²) in [6, 6.07) is 6.96. The second-order valence-electron chi connectivity index (χ2n) is 5.36. The highest BCUT2D eigenvalue weighted by Crippen LogP contribution is 2.30. The summed E-state index contributed by atoms with van der Waals surface area (Å²) in [6.45, 7) is 11.0. The molecule has 0 aliphatic rings. The fourth-order valence-electron chi connectivity index (χ4n) is 2.12. The lowest BCUT2D eigenvalue weighted by Gasteiger charge is -2.16. The summed E-state index contributed by atoms with van der Waals surface area (Å²) in [6.07, 6.45) is 2.44. The van der Waals surface area contributed by atoms with Gasteiger partial charge in [-0.15, -0.1) is 11.8 Å². The number of benzene rings is 1. The van der Waals surface area contributed by atoms with E-state index in [0.29, 0.717) is 11.8 Å². The van der Waals surface area contributed by atoms with Gasteiger partial charge in [0.2, 0.25) is 0 Å². The fraction of sp³-hybridized carbons (Fsp3) is 0.588. The van der Waals surface area contributed by atoms with Crippen LogP contribution < -0.4 is 0 Å². The van der Waals surface area contributed by atoms with Crippen molar-refractivity contribution in [3.8, 4) is 0 Å². The number of rotatable bonds is 7. The van der Waals surface area contributed by atoms with Crippen LogP contribution in [0.3, 0.4) is 0 Å². The molecule has 0 heterocycles. The van der Waals surface area contributed by atoms with Crippen molar-refractivity contribution in [1.29, 1.82) is 0 Å². The van der Waals surface area contributed by atoms with Crippen LogP contribution in [0.15, 0.2) is 23.1 Å². The highest BCUT2D eigenvalue weighted by molar-refractivity contribution is 7.99. The van der Waals surface area contributed by atoms with E-state index < -0.39 is 0 Å². The van der Waals surface area contributed by atoms with Crippen molar-refractivity contribution < 1.29 is 0 Å². The van der Waals surface area contributed by atoms with Crippen LogP contribution in [0.4, 0.5) is 0 Å². The molecule has 0 amide bonds. The zero-order valence-electron chi connectivity index (χ0n) is 12.8. The van der Waals surface area contributed by atoms with Gasteiger partial charge in [0, 0.05) is 10.6 Å². The minimum absolute atomic E-state index is 0.510. The number of thioether (sulfide) groups is 1. The van der Waals surface area contributed by atoms with Gasteiger partial charge in [-0.1, -0.05) is 45.1 Å². The Kier molecular flexibility index (Phi) is 7.09. The van der Waals surface area contributed by atoms with Crippen LogP contribution >= 0.6 is 24.0 Å². The van der Waals surface area contributed by atoms with Gasteiger partial charge in [-0.25, -0.2) is 0 Å². The molecule has 106 valence electrons. The third kappa shape index (κ3) is 4.92. The first-order valence-electron chi connectivity index (χ1n) is 7.23. The lowest BCUT2D eigenvalue weighted by molar-refractivity contribution is 0.640. The molecule has 0 nitrogen and oxygen atoms in total. The van der Waals surface area contributed by atoms with Gasteiger partial charge in [-0.3, -0.25) is 0 Å². The second-order valence-corrected chi connectivity index (χ2v) is 7.07. The molecule has 1 rings (SSSR count). The number of aryl methyl sites for hydroxylation is 1. The molecule has 0 saturated carbocycles. The molecule has 19 heavy (non-hydrogen) atoms. The van der Waals surface area contributed by atoms with E-state index in [1.54, 1.807) is 0 Å². The van der Waals surface area contributed by atoms with Crippen molar-refractivity contribution in [1.82, 2.24) is 0 Å². The Hall–Kier alpha value is -0.340. The minimum atomic E-state index is 0.510. The predicted molar refractivity (Wildman–Crippen MR) is 92.7 cm³/mol. The van der Waals surface area contributed by atoms with Crippen molar-refractivity contribution in [3.05, 3.63) is 29.3 Å². The third-order valence-corrected chi connectivity index (χ3v) is 5.67. The lowest BCUT2D eigenvalue weighted by Crippen LogP contribution is -2.07. The summed E-state index contributed by atoms with van der Waals surface area (Å²) in [7, 11) is 0. The van der Waals surface area contributed by atoms with Gasteiger partial charge < -0.3 is 0 Å². The van der Waals surface area contributed by atoms with E-state index in [0.717, 1.165) is 10.6 Å². The smallest absolute Gasteiger partial charge is 0.0104 e. The molecule has 0 aromatic heterocycles. The molecular weight excluding hydrogens is 268 g/mol. The minimum Gasteiger partial charge on any atom is -0.125 e. The van der Waals surface area contributed by atoms with Gasteiger partial charge in [0.25, 0.3) is 0 Å². The highest BCUT2D eigenvalue weighted by atomic mass is 32.2. The molecule has 0 aliphatic carbocycles. The van der Waals surface area contributed by atoms with E-state index >= 15 is 0 Å². The van der Waals surface area contributed by atoms with Crippen LogP contribution in [-0.2, 0) is 0 Å². The zero-order valence-corrected chi connectivity index (χ0v) is 14.5. The average Bonchev–Trinajstić information content (AvgIpc) is 2.39. The summed E-state index contributed by atoms with van der Waals surface area (Å²) in [5.41, 5.74) is 2.87. The maximum absolute atomic E-state index is 5.26. The second kappa shape index (κ2) is 8.06. The molecule has 0 N–H and O–H groups in total. The Morgan fingerprint density at radius 1 is 1.26 bits per heavy atom. The summed E-state index contributed by atoms with van der Waals surface area (Å²) in [4.78, 5) is 2.54. The average molecular weight is 295 g/mol. The van der Waals surface area contributed by atoms with E-state index in [2.05, 4.69) is 45.9 Å². The maximum atomic E-state index is 5.26. The van der Waals surface area contributed by atoms with Gasteiger partial charge in [0.05, 0.1) is 0 Å². The number of hydrogen-bond donors (Lipinski definition) is 0. The summed E-state index contributed by atoms with van der Waals surface area (Å²) >= 11 is 7.21. The van der Waals surface area contributed by atoms with E-state index in [-0.39, 0.29) is 0 Å². The Labute approximate surface area is 128 Å². The summed E-state index contributed by atoms with van der Waals surface area (Å²) < 4.78 is 0.